The van der Waals surface area contributed by atoms with Crippen molar-refractivity contribution < 1.29 is 13.7 Å². The Bertz CT molecular complexity index is 944. The smallest absolute Gasteiger partial charge is 0.263 e. The molecule has 1 saturated heterocycles. The zero-order valence-electron chi connectivity index (χ0n) is 13.6. The fourth-order valence-corrected chi connectivity index (χ4v) is 3.17. The summed E-state index contributed by atoms with van der Waals surface area (Å²) in [5.74, 6) is 0.991. The fourth-order valence-electron chi connectivity index (χ4n) is 3.17. The summed E-state index contributed by atoms with van der Waals surface area (Å²) in [4.78, 5) is 19.3. The molecule has 3 heterocycles. The van der Waals surface area contributed by atoms with Gasteiger partial charge in [-0.1, -0.05) is 5.16 Å². The Labute approximate surface area is 143 Å². The minimum absolute atomic E-state index is 0.161. The van der Waals surface area contributed by atoms with Gasteiger partial charge in [0.25, 0.3) is 11.4 Å². The zero-order valence-corrected chi connectivity index (χ0v) is 13.6. The van der Waals surface area contributed by atoms with E-state index >= 15 is 0 Å². The van der Waals surface area contributed by atoms with Crippen molar-refractivity contribution in [2.75, 3.05) is 13.2 Å². The molecule has 2 aromatic heterocycles. The molecule has 1 aliphatic rings. The first-order valence-electron chi connectivity index (χ1n) is 8.42. The first-order chi connectivity index (χ1) is 12.2. The molecule has 4 rings (SSSR count). The van der Waals surface area contributed by atoms with Gasteiger partial charge in [0.05, 0.1) is 0 Å². The molecule has 0 aliphatic carbocycles. The summed E-state index contributed by atoms with van der Waals surface area (Å²) in [7, 11) is 0. The third-order valence-corrected chi connectivity index (χ3v) is 4.62. The highest BCUT2D eigenvalue weighted by Gasteiger charge is 2.17. The third-order valence-electron chi connectivity index (χ3n) is 4.62. The second-order valence-corrected chi connectivity index (χ2v) is 6.35. The standard InChI is InChI=1S/C18H18FN3O3/c19-13-2-3-15-12(9-13)10-14(17(23)20-15)18-21-16(22-25-18)4-1-11-5-7-24-8-6-11/h2-3,9-11H,1,4-8H2,(H,20,23). The predicted octanol–water partition coefficient (Wildman–Crippen LogP) is 3.08. The lowest BCUT2D eigenvalue weighted by Crippen LogP contribution is -2.16. The number of H-pyrrole nitrogens is 1. The van der Waals surface area contributed by atoms with Crippen LogP contribution in [0.5, 0.6) is 0 Å². The molecule has 0 unspecified atom stereocenters. The molecule has 25 heavy (non-hydrogen) atoms. The molecule has 1 aromatic carbocycles. The van der Waals surface area contributed by atoms with Crippen molar-refractivity contribution in [3.05, 3.63) is 46.3 Å². The molecule has 0 amide bonds. The van der Waals surface area contributed by atoms with Crippen LogP contribution in [0.1, 0.15) is 25.1 Å². The van der Waals surface area contributed by atoms with Crippen LogP contribution in [0.3, 0.4) is 0 Å². The number of aromatic amines is 1. The average molecular weight is 343 g/mol. The Hall–Kier alpha value is -2.54. The van der Waals surface area contributed by atoms with Gasteiger partial charge in [0, 0.05) is 30.5 Å². The summed E-state index contributed by atoms with van der Waals surface area (Å²) >= 11 is 0. The maximum atomic E-state index is 13.4. The molecule has 0 atom stereocenters. The van der Waals surface area contributed by atoms with Crippen molar-refractivity contribution in [1.82, 2.24) is 15.1 Å². The number of halogens is 1. The number of hydrogen-bond acceptors (Lipinski definition) is 5. The lowest BCUT2D eigenvalue weighted by molar-refractivity contribution is 0.0638. The van der Waals surface area contributed by atoms with Crippen LogP contribution in [0.4, 0.5) is 4.39 Å². The number of rotatable bonds is 4. The van der Waals surface area contributed by atoms with Crippen molar-refractivity contribution in [3.63, 3.8) is 0 Å². The van der Waals surface area contributed by atoms with E-state index in [1.165, 1.54) is 18.2 Å². The number of aromatic nitrogens is 3. The van der Waals surface area contributed by atoms with E-state index in [1.54, 1.807) is 6.07 Å². The minimum atomic E-state index is -0.367. The van der Waals surface area contributed by atoms with Gasteiger partial charge in [-0.25, -0.2) is 4.39 Å². The number of ether oxygens (including phenoxy) is 1. The number of nitrogens with one attached hydrogen (secondary N) is 1. The van der Waals surface area contributed by atoms with Gasteiger partial charge in [0.2, 0.25) is 0 Å². The number of pyridine rings is 1. The van der Waals surface area contributed by atoms with Gasteiger partial charge in [0.1, 0.15) is 11.4 Å². The molecule has 6 nitrogen and oxygen atoms in total. The summed E-state index contributed by atoms with van der Waals surface area (Å²) in [5, 5.41) is 4.55. The van der Waals surface area contributed by atoms with Gasteiger partial charge >= 0.3 is 0 Å². The van der Waals surface area contributed by atoms with Crippen molar-refractivity contribution in [2.45, 2.75) is 25.7 Å². The molecule has 1 N–H and O–H groups in total. The molecule has 0 radical (unpaired) electrons. The number of nitrogens with zero attached hydrogens (tertiary/aromatic N) is 2. The molecular weight excluding hydrogens is 325 g/mol. The Balaban J connectivity index is 1.55. The monoisotopic (exact) mass is 343 g/mol. The van der Waals surface area contributed by atoms with Gasteiger partial charge in [-0.3, -0.25) is 4.79 Å². The largest absolute Gasteiger partial charge is 0.381 e. The van der Waals surface area contributed by atoms with E-state index in [-0.39, 0.29) is 22.8 Å². The van der Waals surface area contributed by atoms with Crippen LogP contribution in [-0.4, -0.2) is 28.3 Å². The van der Waals surface area contributed by atoms with Crippen LogP contribution < -0.4 is 5.56 Å². The van der Waals surface area contributed by atoms with Crippen LogP contribution in [0.25, 0.3) is 22.4 Å². The Morgan fingerprint density at radius 2 is 2.08 bits per heavy atom. The van der Waals surface area contributed by atoms with E-state index in [4.69, 9.17) is 9.26 Å². The summed E-state index contributed by atoms with van der Waals surface area (Å²) in [6, 6.07) is 5.77. The summed E-state index contributed by atoms with van der Waals surface area (Å²) in [5.41, 5.74) is 0.482. The number of hydrogen-bond donors (Lipinski definition) is 1. The van der Waals surface area contributed by atoms with Crippen molar-refractivity contribution >= 4 is 10.9 Å². The highest BCUT2D eigenvalue weighted by molar-refractivity contribution is 5.82. The van der Waals surface area contributed by atoms with Gasteiger partial charge in [-0.15, -0.1) is 0 Å². The van der Waals surface area contributed by atoms with Gasteiger partial charge in [-0.2, -0.15) is 4.98 Å². The Morgan fingerprint density at radius 1 is 1.24 bits per heavy atom. The van der Waals surface area contributed by atoms with E-state index in [1.807, 2.05) is 0 Å². The van der Waals surface area contributed by atoms with Gasteiger partial charge in [0.15, 0.2) is 5.82 Å². The fraction of sp³-hybridized carbons (Fsp3) is 0.389. The van der Waals surface area contributed by atoms with Crippen molar-refractivity contribution in [2.24, 2.45) is 5.92 Å². The van der Waals surface area contributed by atoms with Gasteiger partial charge in [-0.05, 0) is 49.4 Å². The van der Waals surface area contributed by atoms with E-state index in [9.17, 15) is 9.18 Å². The van der Waals surface area contributed by atoms with Crippen LogP contribution in [0, 0.1) is 11.7 Å². The van der Waals surface area contributed by atoms with Crippen LogP contribution in [0.2, 0.25) is 0 Å². The number of benzene rings is 1. The average Bonchev–Trinajstić information content (AvgIpc) is 3.09. The summed E-state index contributed by atoms with van der Waals surface area (Å²) in [6.07, 6.45) is 3.79. The normalized spacial score (nSPS) is 15.7. The van der Waals surface area contributed by atoms with Crippen molar-refractivity contribution in [1.29, 1.82) is 0 Å². The lowest BCUT2D eigenvalue weighted by atomic mass is 9.95. The molecule has 7 heteroatoms. The molecule has 3 aromatic rings. The SMILES string of the molecule is O=c1[nH]c2ccc(F)cc2cc1-c1nc(CCC2CCOCC2)no1. The molecule has 130 valence electrons. The first kappa shape index (κ1) is 16.0. The lowest BCUT2D eigenvalue weighted by Gasteiger charge is -2.20. The maximum absolute atomic E-state index is 13.4. The van der Waals surface area contributed by atoms with E-state index in [0.29, 0.717) is 29.1 Å². The topological polar surface area (TPSA) is 81.0 Å². The Kier molecular flexibility index (Phi) is 4.31. The number of fused-ring (bicyclic) bond motifs is 1. The zero-order chi connectivity index (χ0) is 17.2. The van der Waals surface area contributed by atoms with E-state index in [0.717, 1.165) is 32.5 Å². The molecule has 0 bridgehead atoms. The number of aryl methyl sites for hydroxylation is 1. The van der Waals surface area contributed by atoms with Crippen LogP contribution in [0.15, 0.2) is 33.6 Å². The molecule has 1 aliphatic heterocycles. The maximum Gasteiger partial charge on any atom is 0.263 e. The second-order valence-electron chi connectivity index (χ2n) is 6.35. The van der Waals surface area contributed by atoms with Crippen molar-refractivity contribution in [3.8, 4) is 11.5 Å². The second kappa shape index (κ2) is 6.76. The quantitative estimate of drug-likeness (QED) is 0.787. The third kappa shape index (κ3) is 3.46. The summed E-state index contributed by atoms with van der Waals surface area (Å²) in [6.45, 7) is 1.62. The van der Waals surface area contributed by atoms with Gasteiger partial charge < -0.3 is 14.2 Å². The van der Waals surface area contributed by atoms with E-state index in [2.05, 4.69) is 15.1 Å². The predicted molar refractivity (Wildman–Crippen MR) is 89.7 cm³/mol. The highest BCUT2D eigenvalue weighted by Crippen LogP contribution is 2.22. The Morgan fingerprint density at radius 3 is 2.92 bits per heavy atom. The minimum Gasteiger partial charge on any atom is -0.381 e. The molecule has 0 spiro atoms. The van der Waals surface area contributed by atoms with Crippen LogP contribution in [-0.2, 0) is 11.2 Å². The highest BCUT2D eigenvalue weighted by atomic mass is 19.1. The molecular formula is C18H18FN3O3. The van der Waals surface area contributed by atoms with Crippen LogP contribution >= 0.6 is 0 Å². The van der Waals surface area contributed by atoms with E-state index < -0.39 is 0 Å². The molecule has 0 saturated carbocycles. The summed E-state index contributed by atoms with van der Waals surface area (Å²) < 4.78 is 24.0. The molecule has 1 fully saturated rings. The first-order valence-corrected chi connectivity index (χ1v) is 8.42.